The third-order valence-electron chi connectivity index (χ3n) is 6.16. The van der Waals surface area contributed by atoms with Gasteiger partial charge >= 0.3 is 0 Å². The summed E-state index contributed by atoms with van der Waals surface area (Å²) < 4.78 is 12.3. The Bertz CT molecular complexity index is 1190. The molecule has 0 heterocycles. The van der Waals surface area contributed by atoms with Crippen LogP contribution in [0.1, 0.15) is 52.8 Å². The minimum Gasteiger partial charge on any atom is -0.480 e. The second-order valence-corrected chi connectivity index (χ2v) is 9.58. The first kappa shape index (κ1) is 26.1. The van der Waals surface area contributed by atoms with Gasteiger partial charge in [-0.2, -0.15) is 0 Å². The first-order chi connectivity index (χ1) is 16.5. The summed E-state index contributed by atoms with van der Waals surface area (Å²) in [6.07, 6.45) is -0.922. The summed E-state index contributed by atoms with van der Waals surface area (Å²) in [5.41, 5.74) is 9.63. The molecule has 0 aliphatic rings. The lowest BCUT2D eigenvalue weighted by molar-refractivity contribution is -0.122. The first-order valence-corrected chi connectivity index (χ1v) is 12.1. The van der Waals surface area contributed by atoms with E-state index in [2.05, 4.69) is 62.6 Å². The smallest absolute Gasteiger partial charge is 0.265 e. The molecule has 2 N–H and O–H groups in total. The van der Waals surface area contributed by atoms with Gasteiger partial charge in [0.2, 0.25) is 0 Å². The second kappa shape index (κ2) is 10.9. The fraction of sp³-hybridized carbons (Fsp3) is 0.367. The normalized spacial score (nSPS) is 12.6. The van der Waals surface area contributed by atoms with E-state index in [4.69, 9.17) is 9.47 Å². The van der Waals surface area contributed by atoms with Gasteiger partial charge in [0.25, 0.3) is 5.91 Å². The zero-order valence-electron chi connectivity index (χ0n) is 22.4. The third-order valence-corrected chi connectivity index (χ3v) is 6.16. The molecular formula is C30H38N2O3. The summed E-state index contributed by atoms with van der Waals surface area (Å²) in [5.74, 6) is 1.14. The quantitative estimate of drug-likeness (QED) is 0.342. The third kappa shape index (κ3) is 6.36. The van der Waals surface area contributed by atoms with Crippen molar-refractivity contribution in [3.05, 3.63) is 81.4 Å². The first-order valence-electron chi connectivity index (χ1n) is 12.1. The number of hydrogen-bond acceptors (Lipinski definition) is 4. The lowest BCUT2D eigenvalue weighted by Crippen LogP contribution is -2.31. The molecule has 1 unspecified atom stereocenters. The number of carbonyl (C=O) groups excluding carboxylic acids is 1. The van der Waals surface area contributed by atoms with Crippen LogP contribution in [0.25, 0.3) is 0 Å². The molecule has 0 radical (unpaired) electrons. The van der Waals surface area contributed by atoms with Crippen LogP contribution >= 0.6 is 0 Å². The standard InChI is InChI=1S/C30H38N2O3/c1-17-13-19(3)28(20(4)14-17)31-25(9)35-27-12-10-11-26(23(27)7)34-24(8)30(33)32-29-21(5)15-18(2)16-22(29)6/h10-16,24-25,31H,1-9H3,(H,32,33)/t24?,25-/m1/s1. The number of aryl methyl sites for hydroxylation is 6. The number of nitrogens with one attached hydrogen (secondary N) is 2. The van der Waals surface area contributed by atoms with Crippen molar-refractivity contribution in [2.75, 3.05) is 10.6 Å². The molecule has 3 aromatic carbocycles. The molecule has 186 valence electrons. The highest BCUT2D eigenvalue weighted by Crippen LogP contribution is 2.30. The maximum atomic E-state index is 12.9. The zero-order chi connectivity index (χ0) is 25.9. The van der Waals surface area contributed by atoms with Crippen LogP contribution in [-0.4, -0.2) is 18.2 Å². The van der Waals surface area contributed by atoms with Crippen molar-refractivity contribution in [1.29, 1.82) is 0 Å². The lowest BCUT2D eigenvalue weighted by atomic mass is 10.0. The van der Waals surface area contributed by atoms with Gasteiger partial charge in [-0.1, -0.05) is 41.5 Å². The van der Waals surface area contributed by atoms with E-state index in [0.29, 0.717) is 11.5 Å². The molecule has 0 aliphatic carbocycles. The average molecular weight is 475 g/mol. The van der Waals surface area contributed by atoms with Crippen molar-refractivity contribution in [1.82, 2.24) is 0 Å². The van der Waals surface area contributed by atoms with Crippen LogP contribution in [0.15, 0.2) is 42.5 Å². The Morgan fingerprint density at radius 1 is 0.714 bits per heavy atom. The van der Waals surface area contributed by atoms with Crippen molar-refractivity contribution in [2.24, 2.45) is 0 Å². The molecular weight excluding hydrogens is 436 g/mol. The molecule has 0 saturated carbocycles. The van der Waals surface area contributed by atoms with Gasteiger partial charge < -0.3 is 20.1 Å². The molecule has 0 fully saturated rings. The molecule has 3 aromatic rings. The molecule has 0 aromatic heterocycles. The molecule has 0 spiro atoms. The number of carbonyl (C=O) groups is 1. The summed E-state index contributed by atoms with van der Waals surface area (Å²) in [4.78, 5) is 12.9. The van der Waals surface area contributed by atoms with E-state index in [9.17, 15) is 4.79 Å². The maximum absolute atomic E-state index is 12.9. The fourth-order valence-corrected chi connectivity index (χ4v) is 4.53. The second-order valence-electron chi connectivity index (χ2n) is 9.58. The fourth-order valence-electron chi connectivity index (χ4n) is 4.53. The van der Waals surface area contributed by atoms with Gasteiger partial charge in [0.15, 0.2) is 12.3 Å². The number of anilines is 2. The number of hydrogen-bond donors (Lipinski definition) is 2. The highest BCUT2D eigenvalue weighted by atomic mass is 16.5. The van der Waals surface area contributed by atoms with Crippen molar-refractivity contribution in [3.63, 3.8) is 0 Å². The molecule has 2 atom stereocenters. The van der Waals surface area contributed by atoms with E-state index in [0.717, 1.165) is 28.1 Å². The van der Waals surface area contributed by atoms with Crippen LogP contribution in [0.2, 0.25) is 0 Å². The largest absolute Gasteiger partial charge is 0.480 e. The van der Waals surface area contributed by atoms with Gasteiger partial charge in [0, 0.05) is 16.9 Å². The van der Waals surface area contributed by atoms with Crippen LogP contribution in [0.5, 0.6) is 11.5 Å². The van der Waals surface area contributed by atoms with Gasteiger partial charge in [-0.15, -0.1) is 0 Å². The van der Waals surface area contributed by atoms with E-state index >= 15 is 0 Å². The molecule has 35 heavy (non-hydrogen) atoms. The molecule has 5 heteroatoms. The summed E-state index contributed by atoms with van der Waals surface area (Å²) in [5, 5.41) is 6.50. The van der Waals surface area contributed by atoms with Crippen LogP contribution in [0, 0.1) is 48.5 Å². The molecule has 5 nitrogen and oxygen atoms in total. The van der Waals surface area contributed by atoms with Gasteiger partial charge in [-0.3, -0.25) is 4.79 Å². The topological polar surface area (TPSA) is 59.6 Å². The molecule has 3 rings (SSSR count). The summed E-state index contributed by atoms with van der Waals surface area (Å²) >= 11 is 0. The van der Waals surface area contributed by atoms with E-state index in [1.165, 1.54) is 22.3 Å². The number of benzene rings is 3. The summed E-state index contributed by atoms with van der Waals surface area (Å²) in [7, 11) is 0. The predicted molar refractivity (Wildman–Crippen MR) is 145 cm³/mol. The Hall–Kier alpha value is -3.47. The van der Waals surface area contributed by atoms with Crippen LogP contribution < -0.4 is 20.1 Å². The van der Waals surface area contributed by atoms with Crippen LogP contribution in [0.3, 0.4) is 0 Å². The highest BCUT2D eigenvalue weighted by Gasteiger charge is 2.19. The summed E-state index contributed by atoms with van der Waals surface area (Å²) in [6, 6.07) is 14.1. The zero-order valence-corrected chi connectivity index (χ0v) is 22.4. The monoisotopic (exact) mass is 474 g/mol. The minimum absolute atomic E-state index is 0.189. The van der Waals surface area contributed by atoms with Crippen LogP contribution in [-0.2, 0) is 4.79 Å². The van der Waals surface area contributed by atoms with Crippen molar-refractivity contribution in [3.8, 4) is 11.5 Å². The number of amides is 1. The van der Waals surface area contributed by atoms with Crippen molar-refractivity contribution < 1.29 is 14.3 Å². The van der Waals surface area contributed by atoms with E-state index in [1.54, 1.807) is 6.92 Å². The molecule has 0 saturated heterocycles. The SMILES string of the molecule is Cc1cc(C)c(NC(=O)C(C)Oc2cccc(O[C@H](C)Nc3c(C)cc(C)cc3C)c2C)c(C)c1. The molecule has 0 aliphatic heterocycles. The lowest BCUT2D eigenvalue weighted by Gasteiger charge is -2.23. The Labute approximate surface area is 209 Å². The van der Waals surface area contributed by atoms with E-state index in [-0.39, 0.29) is 12.1 Å². The molecule has 1 amide bonds. The van der Waals surface area contributed by atoms with Crippen molar-refractivity contribution in [2.45, 2.75) is 74.6 Å². The average Bonchev–Trinajstić information content (AvgIpc) is 2.75. The van der Waals surface area contributed by atoms with E-state index in [1.807, 2.05) is 45.9 Å². The molecule has 0 bridgehead atoms. The Morgan fingerprint density at radius 3 is 1.69 bits per heavy atom. The van der Waals surface area contributed by atoms with E-state index < -0.39 is 6.10 Å². The highest BCUT2D eigenvalue weighted by molar-refractivity contribution is 5.95. The number of rotatable bonds is 8. The van der Waals surface area contributed by atoms with Gasteiger partial charge in [0.1, 0.15) is 11.5 Å². The predicted octanol–water partition coefficient (Wildman–Crippen LogP) is 7.09. The summed E-state index contributed by atoms with van der Waals surface area (Å²) in [6.45, 7) is 18.0. The minimum atomic E-state index is -0.669. The maximum Gasteiger partial charge on any atom is 0.265 e. The Morgan fingerprint density at radius 2 is 1.17 bits per heavy atom. The van der Waals surface area contributed by atoms with Crippen molar-refractivity contribution >= 4 is 17.3 Å². The van der Waals surface area contributed by atoms with Gasteiger partial charge in [-0.05, 0) is 96.7 Å². The number of ether oxygens (including phenoxy) is 2. The van der Waals surface area contributed by atoms with Crippen LogP contribution in [0.4, 0.5) is 11.4 Å². The Balaban J connectivity index is 1.69. The Kier molecular flexibility index (Phi) is 8.11. The van der Waals surface area contributed by atoms with Gasteiger partial charge in [0.05, 0.1) is 0 Å². The van der Waals surface area contributed by atoms with Gasteiger partial charge in [-0.25, -0.2) is 0 Å².